The Balaban J connectivity index is 2.99. The maximum atomic E-state index is 8.38. The number of rotatable bonds is 3. The molecule has 1 atom stereocenters. The van der Waals surface area contributed by atoms with Crippen LogP contribution in [0.5, 0.6) is 0 Å². The van der Waals surface area contributed by atoms with Crippen LogP contribution >= 0.6 is 11.8 Å². The molecule has 0 amide bonds. The van der Waals surface area contributed by atoms with Crippen LogP contribution < -0.4 is 4.84 Å². The predicted molar refractivity (Wildman–Crippen MR) is 30.2 cm³/mol. The summed E-state index contributed by atoms with van der Waals surface area (Å²) in [5, 5.41) is 8.38. The van der Waals surface area contributed by atoms with E-state index in [1.807, 2.05) is 6.92 Å². The molecule has 0 aromatic heterocycles. The third kappa shape index (κ3) is 2.85. The molecular weight excluding hydrogens is 114 g/mol. The van der Waals surface area contributed by atoms with Crippen LogP contribution in [0, 0.1) is 0 Å². The average molecular weight is 124 g/mol. The molecule has 0 fully saturated rings. The summed E-state index contributed by atoms with van der Waals surface area (Å²) in [6.45, 7) is 2.07. The van der Waals surface area contributed by atoms with Crippen LogP contribution in [0.2, 0.25) is 0 Å². The number of hydrogen-bond acceptors (Lipinski definition) is 2. The first-order valence-electron chi connectivity index (χ1n) is 2.32. The largest absolute Gasteiger partial charge is 0.395 e. The Bertz CT molecular complexity index is 33.2. The van der Waals surface area contributed by atoms with E-state index >= 15 is 0 Å². The average Bonchev–Trinajstić information content (AvgIpc) is 1.72. The van der Waals surface area contributed by atoms with Crippen LogP contribution in [-0.4, -0.2) is 17.8 Å². The minimum atomic E-state index is 0.0571. The van der Waals surface area contributed by atoms with E-state index in [0.717, 1.165) is 6.42 Å². The van der Waals surface area contributed by atoms with Crippen molar-refractivity contribution in [3.05, 3.63) is 0 Å². The van der Waals surface area contributed by atoms with E-state index in [0.29, 0.717) is 0 Å². The molecule has 0 spiro atoms. The van der Waals surface area contributed by atoms with Crippen molar-refractivity contribution >= 4 is 11.8 Å². The standard InChI is InChI=1S/C4H10ClNO/c1-2-4(3-7)6-5/h4,6-7H,2-3H2,1H3/t4-/m1/s1. The van der Waals surface area contributed by atoms with Gasteiger partial charge in [-0.15, -0.1) is 0 Å². The lowest BCUT2D eigenvalue weighted by atomic mass is 10.3. The summed E-state index contributed by atoms with van der Waals surface area (Å²) in [6.07, 6.45) is 0.861. The van der Waals surface area contributed by atoms with Crippen LogP contribution in [0.25, 0.3) is 0 Å². The van der Waals surface area contributed by atoms with E-state index in [1.54, 1.807) is 0 Å². The Labute approximate surface area is 48.6 Å². The third-order valence-electron chi connectivity index (χ3n) is 0.867. The van der Waals surface area contributed by atoms with Gasteiger partial charge in [0, 0.05) is 6.04 Å². The molecule has 0 aromatic carbocycles. The van der Waals surface area contributed by atoms with E-state index in [4.69, 9.17) is 16.9 Å². The molecule has 0 aliphatic rings. The van der Waals surface area contributed by atoms with Gasteiger partial charge < -0.3 is 5.11 Å². The minimum Gasteiger partial charge on any atom is -0.395 e. The Morgan fingerprint density at radius 2 is 2.43 bits per heavy atom. The molecule has 0 saturated heterocycles. The molecule has 2 N–H and O–H groups in total. The monoisotopic (exact) mass is 123 g/mol. The van der Waals surface area contributed by atoms with Crippen molar-refractivity contribution < 1.29 is 5.11 Å². The lowest BCUT2D eigenvalue weighted by Gasteiger charge is -2.04. The second-order valence-electron chi connectivity index (χ2n) is 1.40. The van der Waals surface area contributed by atoms with E-state index < -0.39 is 0 Å². The Hall–Kier alpha value is 0.210. The van der Waals surface area contributed by atoms with Crippen molar-refractivity contribution in [3.63, 3.8) is 0 Å². The lowest BCUT2D eigenvalue weighted by molar-refractivity contribution is 0.255. The van der Waals surface area contributed by atoms with Crippen LogP contribution in [0.15, 0.2) is 0 Å². The van der Waals surface area contributed by atoms with Crippen LogP contribution in [-0.2, 0) is 0 Å². The van der Waals surface area contributed by atoms with Gasteiger partial charge in [-0.3, -0.25) is 0 Å². The van der Waals surface area contributed by atoms with Gasteiger partial charge in [-0.25, -0.2) is 4.84 Å². The quantitative estimate of drug-likeness (QED) is 0.536. The molecule has 0 radical (unpaired) electrons. The first-order valence-corrected chi connectivity index (χ1v) is 2.70. The van der Waals surface area contributed by atoms with Crippen molar-refractivity contribution in [3.8, 4) is 0 Å². The molecule has 0 saturated carbocycles. The fraction of sp³-hybridized carbons (Fsp3) is 1.00. The van der Waals surface area contributed by atoms with Crippen molar-refractivity contribution in [2.75, 3.05) is 6.61 Å². The van der Waals surface area contributed by atoms with Gasteiger partial charge in [-0.05, 0) is 18.2 Å². The van der Waals surface area contributed by atoms with Crippen molar-refractivity contribution in [1.82, 2.24) is 4.84 Å². The van der Waals surface area contributed by atoms with Crippen LogP contribution in [0.3, 0.4) is 0 Å². The van der Waals surface area contributed by atoms with Gasteiger partial charge in [0.05, 0.1) is 6.61 Å². The summed E-state index contributed by atoms with van der Waals surface area (Å²) in [4.78, 5) is 2.42. The van der Waals surface area contributed by atoms with E-state index in [-0.39, 0.29) is 12.6 Å². The molecule has 2 nitrogen and oxygen atoms in total. The smallest absolute Gasteiger partial charge is 0.0597 e. The van der Waals surface area contributed by atoms with Gasteiger partial charge in [-0.2, -0.15) is 0 Å². The van der Waals surface area contributed by atoms with Crippen LogP contribution in [0.4, 0.5) is 0 Å². The number of nitrogens with one attached hydrogen (secondary N) is 1. The van der Waals surface area contributed by atoms with E-state index in [1.165, 1.54) is 0 Å². The van der Waals surface area contributed by atoms with Crippen molar-refractivity contribution in [2.45, 2.75) is 19.4 Å². The topological polar surface area (TPSA) is 32.3 Å². The molecule has 3 heteroatoms. The maximum Gasteiger partial charge on any atom is 0.0597 e. The van der Waals surface area contributed by atoms with Gasteiger partial charge >= 0.3 is 0 Å². The number of hydrogen-bond donors (Lipinski definition) is 2. The number of aliphatic hydroxyl groups excluding tert-OH is 1. The molecule has 0 aliphatic carbocycles. The Morgan fingerprint density at radius 3 is 2.43 bits per heavy atom. The zero-order chi connectivity index (χ0) is 5.70. The molecule has 7 heavy (non-hydrogen) atoms. The maximum absolute atomic E-state index is 8.38. The Morgan fingerprint density at radius 1 is 1.86 bits per heavy atom. The highest BCUT2D eigenvalue weighted by molar-refractivity contribution is 6.13. The van der Waals surface area contributed by atoms with Gasteiger partial charge in [0.25, 0.3) is 0 Å². The third-order valence-corrected chi connectivity index (χ3v) is 1.18. The molecule has 0 aromatic rings. The van der Waals surface area contributed by atoms with Gasteiger partial charge in [0.1, 0.15) is 0 Å². The second-order valence-corrected chi connectivity index (χ2v) is 1.62. The molecule has 0 unspecified atom stereocenters. The van der Waals surface area contributed by atoms with Gasteiger partial charge in [-0.1, -0.05) is 6.92 Å². The van der Waals surface area contributed by atoms with Gasteiger partial charge in [0.15, 0.2) is 0 Å². The normalized spacial score (nSPS) is 14.1. The van der Waals surface area contributed by atoms with E-state index in [2.05, 4.69) is 4.84 Å². The summed E-state index contributed by atoms with van der Waals surface area (Å²) in [5.41, 5.74) is 0. The van der Waals surface area contributed by atoms with E-state index in [9.17, 15) is 0 Å². The minimum absolute atomic E-state index is 0.0571. The SMILES string of the molecule is CC[C@H](CO)NCl. The zero-order valence-electron chi connectivity index (χ0n) is 4.32. The predicted octanol–water partition coefficient (Wildman–Crippen LogP) is 0.501. The lowest BCUT2D eigenvalue weighted by Crippen LogP contribution is -2.23. The molecule has 0 aliphatic heterocycles. The summed E-state index contributed by atoms with van der Waals surface area (Å²) in [6, 6.07) is 0.0571. The zero-order valence-corrected chi connectivity index (χ0v) is 5.07. The number of aliphatic hydroxyl groups is 1. The summed E-state index contributed by atoms with van der Waals surface area (Å²) < 4.78 is 0. The van der Waals surface area contributed by atoms with Gasteiger partial charge in [0.2, 0.25) is 0 Å². The summed E-state index contributed by atoms with van der Waals surface area (Å²) in [7, 11) is 0. The summed E-state index contributed by atoms with van der Waals surface area (Å²) in [5.74, 6) is 0. The van der Waals surface area contributed by atoms with Crippen molar-refractivity contribution in [1.29, 1.82) is 0 Å². The second kappa shape index (κ2) is 4.37. The highest BCUT2D eigenvalue weighted by Crippen LogP contribution is 1.87. The first kappa shape index (κ1) is 7.21. The fourth-order valence-corrected chi connectivity index (χ4v) is 0.464. The summed E-state index contributed by atoms with van der Waals surface area (Å²) >= 11 is 5.16. The molecular formula is C4H10ClNO. The first-order chi connectivity index (χ1) is 3.35. The molecule has 44 valence electrons. The highest BCUT2D eigenvalue weighted by Gasteiger charge is 1.97. The molecule has 0 bridgehead atoms. The van der Waals surface area contributed by atoms with Crippen molar-refractivity contribution in [2.24, 2.45) is 0 Å². The Kier molecular flexibility index (Phi) is 4.50. The highest BCUT2D eigenvalue weighted by atomic mass is 35.5. The fourth-order valence-electron chi connectivity index (χ4n) is 0.241. The molecule has 0 rings (SSSR count). The number of halogens is 1. The molecule has 0 heterocycles. The van der Waals surface area contributed by atoms with Crippen LogP contribution in [0.1, 0.15) is 13.3 Å².